The minimum Gasteiger partial charge on any atom is -0.488 e. The highest BCUT2D eigenvalue weighted by atomic mass is 35.5. The fourth-order valence-corrected chi connectivity index (χ4v) is 3.64. The molecule has 13 heteroatoms. The maximum Gasteiger partial charge on any atom is 0.417 e. The molecule has 0 fully saturated rings. The number of benzene rings is 1. The second-order valence-corrected chi connectivity index (χ2v) is 8.01. The van der Waals surface area contributed by atoms with Crippen molar-refractivity contribution >= 4 is 40.4 Å². The SMILES string of the molecule is CC(O)COc1c(Cl)cc(-c2noc(-c3cn4cc(C(F)(F)F)cc(Cl)c4n3)n2)cc1Cl. The van der Waals surface area contributed by atoms with Crippen LogP contribution in [0.25, 0.3) is 28.6 Å². The number of aliphatic hydroxyl groups excluding tert-OH is 1. The van der Waals surface area contributed by atoms with Crippen LogP contribution in [-0.4, -0.2) is 37.3 Å². The Labute approximate surface area is 193 Å². The van der Waals surface area contributed by atoms with Gasteiger partial charge in [-0.3, -0.25) is 0 Å². The zero-order valence-electron chi connectivity index (χ0n) is 16.0. The Morgan fingerprint density at radius 1 is 1.09 bits per heavy atom. The number of nitrogens with zero attached hydrogens (tertiary/aromatic N) is 4. The highest BCUT2D eigenvalue weighted by Crippen LogP contribution is 2.38. The zero-order valence-corrected chi connectivity index (χ0v) is 18.3. The summed E-state index contributed by atoms with van der Waals surface area (Å²) in [4.78, 5) is 8.39. The molecule has 1 atom stereocenters. The summed E-state index contributed by atoms with van der Waals surface area (Å²) in [6.07, 6.45) is -3.13. The number of fused-ring (bicyclic) bond motifs is 1. The van der Waals surface area contributed by atoms with Crippen LogP contribution in [-0.2, 0) is 6.18 Å². The average molecular weight is 508 g/mol. The lowest BCUT2D eigenvalue weighted by atomic mass is 10.2. The van der Waals surface area contributed by atoms with Gasteiger partial charge in [-0.15, -0.1) is 0 Å². The number of hydrogen-bond donors (Lipinski definition) is 1. The average Bonchev–Trinajstić information content (AvgIpc) is 3.33. The van der Waals surface area contributed by atoms with Crippen molar-refractivity contribution < 1.29 is 27.5 Å². The van der Waals surface area contributed by atoms with E-state index in [1.807, 2.05) is 0 Å². The molecular weight excluding hydrogens is 496 g/mol. The van der Waals surface area contributed by atoms with E-state index in [9.17, 15) is 18.3 Å². The molecule has 3 aromatic heterocycles. The number of halogens is 6. The van der Waals surface area contributed by atoms with Crippen LogP contribution < -0.4 is 4.74 Å². The van der Waals surface area contributed by atoms with E-state index in [4.69, 9.17) is 44.1 Å². The lowest BCUT2D eigenvalue weighted by Gasteiger charge is -2.12. The molecule has 168 valence electrons. The van der Waals surface area contributed by atoms with E-state index in [1.54, 1.807) is 6.92 Å². The summed E-state index contributed by atoms with van der Waals surface area (Å²) in [6.45, 7) is 1.55. The molecule has 3 heterocycles. The van der Waals surface area contributed by atoms with Crippen LogP contribution in [0.2, 0.25) is 15.1 Å². The highest BCUT2D eigenvalue weighted by molar-refractivity contribution is 6.37. The third-order valence-electron chi connectivity index (χ3n) is 4.20. The van der Waals surface area contributed by atoms with Gasteiger partial charge in [0, 0.05) is 18.0 Å². The fourth-order valence-electron chi connectivity index (χ4n) is 2.79. The van der Waals surface area contributed by atoms with Gasteiger partial charge in [-0.1, -0.05) is 40.0 Å². The fraction of sp³-hybridized carbons (Fsp3) is 0.211. The molecule has 0 aliphatic carbocycles. The number of hydrogen-bond acceptors (Lipinski definition) is 6. The van der Waals surface area contributed by atoms with E-state index in [1.165, 1.54) is 18.3 Å². The Morgan fingerprint density at radius 2 is 1.78 bits per heavy atom. The van der Waals surface area contributed by atoms with E-state index in [0.29, 0.717) is 5.56 Å². The predicted octanol–water partition coefficient (Wildman–Crippen LogP) is 5.79. The molecule has 1 unspecified atom stereocenters. The van der Waals surface area contributed by atoms with Crippen molar-refractivity contribution in [1.82, 2.24) is 19.5 Å². The molecule has 0 amide bonds. The molecule has 0 bridgehead atoms. The lowest BCUT2D eigenvalue weighted by molar-refractivity contribution is -0.137. The first kappa shape index (κ1) is 22.7. The van der Waals surface area contributed by atoms with Crippen LogP contribution in [0, 0.1) is 0 Å². The second kappa shape index (κ2) is 8.43. The summed E-state index contributed by atoms with van der Waals surface area (Å²) in [5.41, 5.74) is -0.299. The van der Waals surface area contributed by atoms with Crippen molar-refractivity contribution in [3.63, 3.8) is 0 Å². The van der Waals surface area contributed by atoms with E-state index >= 15 is 0 Å². The maximum atomic E-state index is 13.0. The van der Waals surface area contributed by atoms with E-state index < -0.39 is 17.8 Å². The molecular formula is C19H12Cl3F3N4O3. The van der Waals surface area contributed by atoms with Crippen molar-refractivity contribution in [2.45, 2.75) is 19.2 Å². The van der Waals surface area contributed by atoms with Gasteiger partial charge >= 0.3 is 6.18 Å². The number of ether oxygens (including phenoxy) is 1. The molecule has 4 rings (SSSR count). The number of pyridine rings is 1. The first-order valence-electron chi connectivity index (χ1n) is 8.92. The van der Waals surface area contributed by atoms with Crippen LogP contribution in [0.5, 0.6) is 5.75 Å². The topological polar surface area (TPSA) is 85.7 Å². The van der Waals surface area contributed by atoms with Gasteiger partial charge in [0.25, 0.3) is 5.89 Å². The molecule has 0 spiro atoms. The normalized spacial score (nSPS) is 13.0. The van der Waals surface area contributed by atoms with Crippen molar-refractivity contribution in [3.8, 4) is 28.7 Å². The molecule has 0 radical (unpaired) electrons. The van der Waals surface area contributed by atoms with Crippen LogP contribution in [0.4, 0.5) is 13.2 Å². The Bertz CT molecular complexity index is 1280. The zero-order chi connectivity index (χ0) is 23.2. The molecule has 0 saturated carbocycles. The first-order valence-corrected chi connectivity index (χ1v) is 10.1. The van der Waals surface area contributed by atoms with Crippen LogP contribution >= 0.6 is 34.8 Å². The molecule has 1 aromatic carbocycles. The highest BCUT2D eigenvalue weighted by Gasteiger charge is 2.32. The minimum atomic E-state index is -4.57. The van der Waals surface area contributed by atoms with Crippen molar-refractivity contribution in [3.05, 3.63) is 51.2 Å². The van der Waals surface area contributed by atoms with Crippen LogP contribution in [0.15, 0.2) is 35.1 Å². The molecule has 1 N–H and O–H groups in total. The van der Waals surface area contributed by atoms with Gasteiger partial charge in [0.1, 0.15) is 12.3 Å². The third-order valence-corrected chi connectivity index (χ3v) is 5.04. The summed E-state index contributed by atoms with van der Waals surface area (Å²) in [6, 6.07) is 3.78. The van der Waals surface area contributed by atoms with Gasteiger partial charge in [0.2, 0.25) is 5.82 Å². The van der Waals surface area contributed by atoms with Gasteiger partial charge in [0.05, 0.1) is 26.7 Å². The largest absolute Gasteiger partial charge is 0.488 e. The van der Waals surface area contributed by atoms with Gasteiger partial charge in [-0.25, -0.2) is 4.98 Å². The number of aliphatic hydroxyl groups is 1. The molecule has 7 nitrogen and oxygen atoms in total. The first-order chi connectivity index (χ1) is 15.0. The summed E-state index contributed by atoms with van der Waals surface area (Å²) in [5.74, 6) is 0.261. The van der Waals surface area contributed by atoms with Crippen LogP contribution in [0.3, 0.4) is 0 Å². The number of imidazole rings is 1. The summed E-state index contributed by atoms with van der Waals surface area (Å²) < 4.78 is 50.8. The van der Waals surface area contributed by atoms with Gasteiger partial charge < -0.3 is 18.8 Å². The van der Waals surface area contributed by atoms with Gasteiger partial charge in [-0.2, -0.15) is 18.2 Å². The molecule has 32 heavy (non-hydrogen) atoms. The second-order valence-electron chi connectivity index (χ2n) is 6.78. The molecule has 0 saturated heterocycles. The van der Waals surface area contributed by atoms with Crippen molar-refractivity contribution in [1.29, 1.82) is 0 Å². The van der Waals surface area contributed by atoms with E-state index in [2.05, 4.69) is 15.1 Å². The summed E-state index contributed by atoms with van der Waals surface area (Å²) >= 11 is 18.4. The van der Waals surface area contributed by atoms with Crippen LogP contribution in [0.1, 0.15) is 12.5 Å². The summed E-state index contributed by atoms with van der Waals surface area (Å²) in [7, 11) is 0. The number of rotatable bonds is 5. The standard InChI is InChI=1S/C19H12Cl3F3N4O3/c1-8(30)7-31-15-11(20)2-9(3-12(15)21)16-27-18(32-28-16)14-6-29-5-10(19(23,24)25)4-13(22)17(29)26-14/h2-6,8,30H,7H2,1H3. The Kier molecular flexibility index (Phi) is 5.97. The number of alkyl halides is 3. The Hall–Kier alpha value is -2.53. The third kappa shape index (κ3) is 4.49. The van der Waals surface area contributed by atoms with E-state index in [-0.39, 0.29) is 50.5 Å². The molecule has 4 aromatic rings. The van der Waals surface area contributed by atoms with Crippen molar-refractivity contribution in [2.24, 2.45) is 0 Å². The molecule has 0 aliphatic rings. The Balaban J connectivity index is 1.67. The maximum absolute atomic E-state index is 13.0. The lowest BCUT2D eigenvalue weighted by Crippen LogP contribution is -2.13. The van der Waals surface area contributed by atoms with Gasteiger partial charge in [0.15, 0.2) is 11.4 Å². The van der Waals surface area contributed by atoms with Crippen molar-refractivity contribution in [2.75, 3.05) is 6.61 Å². The minimum absolute atomic E-state index is 0.00234. The Morgan fingerprint density at radius 3 is 2.41 bits per heavy atom. The summed E-state index contributed by atoms with van der Waals surface area (Å²) in [5, 5.41) is 13.3. The smallest absolute Gasteiger partial charge is 0.417 e. The monoisotopic (exact) mass is 506 g/mol. The van der Waals surface area contributed by atoms with Gasteiger partial charge in [-0.05, 0) is 25.1 Å². The van der Waals surface area contributed by atoms with E-state index in [0.717, 1.165) is 16.7 Å². The predicted molar refractivity (Wildman–Crippen MR) is 111 cm³/mol. The number of aromatic nitrogens is 4. The molecule has 0 aliphatic heterocycles. The quantitative estimate of drug-likeness (QED) is 0.368.